The van der Waals surface area contributed by atoms with Crippen molar-refractivity contribution in [3.63, 3.8) is 0 Å². The maximum absolute atomic E-state index is 11.9. The summed E-state index contributed by atoms with van der Waals surface area (Å²) in [4.78, 5) is 31.0. The fourth-order valence-corrected chi connectivity index (χ4v) is 3.78. The topological polar surface area (TPSA) is 95.4 Å². The number of amides is 1. The number of hydrogen-bond donors (Lipinski definition) is 2. The van der Waals surface area contributed by atoms with Gasteiger partial charge in [-0.2, -0.15) is 0 Å². The number of carboxylic acid groups (broad SMARTS) is 1. The van der Waals surface area contributed by atoms with Crippen molar-refractivity contribution in [1.29, 1.82) is 0 Å². The van der Waals surface area contributed by atoms with Crippen LogP contribution >= 0.6 is 11.8 Å². The molecule has 1 aromatic heterocycles. The second-order valence-electron chi connectivity index (χ2n) is 6.33. The van der Waals surface area contributed by atoms with E-state index in [4.69, 9.17) is 9.90 Å². The molecule has 0 radical (unpaired) electrons. The van der Waals surface area contributed by atoms with Crippen LogP contribution in [0.4, 0.5) is 0 Å². The Labute approximate surface area is 169 Å². The van der Waals surface area contributed by atoms with Gasteiger partial charge in [0.15, 0.2) is 5.16 Å². The highest BCUT2D eigenvalue weighted by atomic mass is 32.2. The summed E-state index contributed by atoms with van der Waals surface area (Å²) < 4.78 is 0. The van der Waals surface area contributed by atoms with E-state index in [0.29, 0.717) is 23.4 Å². The SMILES string of the molecule is O=C(CSc1ncccn1)NCCN1CCCC(c2ccccc2)C1.O=CO. The number of nitrogens with zero attached hydrogens (tertiary/aromatic N) is 3. The van der Waals surface area contributed by atoms with Crippen LogP contribution in [0.2, 0.25) is 0 Å². The van der Waals surface area contributed by atoms with Crippen molar-refractivity contribution in [3.05, 3.63) is 54.4 Å². The number of nitrogens with one attached hydrogen (secondary N) is 1. The first-order chi connectivity index (χ1) is 13.7. The highest BCUT2D eigenvalue weighted by Crippen LogP contribution is 2.26. The lowest BCUT2D eigenvalue weighted by atomic mass is 9.91. The van der Waals surface area contributed by atoms with Crippen LogP contribution in [0.25, 0.3) is 0 Å². The fraction of sp³-hybridized carbons (Fsp3) is 0.400. The molecule has 0 spiro atoms. The molecule has 1 fully saturated rings. The van der Waals surface area contributed by atoms with E-state index in [-0.39, 0.29) is 12.4 Å². The molecule has 150 valence electrons. The van der Waals surface area contributed by atoms with Crippen LogP contribution in [0, 0.1) is 0 Å². The molecule has 1 amide bonds. The third-order valence-electron chi connectivity index (χ3n) is 4.40. The van der Waals surface area contributed by atoms with Gasteiger partial charge in [-0.3, -0.25) is 9.59 Å². The minimum atomic E-state index is -0.250. The summed E-state index contributed by atoms with van der Waals surface area (Å²) in [5.41, 5.74) is 1.43. The molecule has 0 saturated carbocycles. The van der Waals surface area contributed by atoms with Crippen molar-refractivity contribution >= 4 is 24.1 Å². The minimum Gasteiger partial charge on any atom is -0.483 e. The molecule has 7 nitrogen and oxygen atoms in total. The number of carbonyl (C=O) groups excluding carboxylic acids is 1. The highest BCUT2D eigenvalue weighted by molar-refractivity contribution is 7.99. The van der Waals surface area contributed by atoms with E-state index in [1.165, 1.54) is 30.2 Å². The Kier molecular flexibility index (Phi) is 10.0. The molecule has 1 aliphatic heterocycles. The van der Waals surface area contributed by atoms with Gasteiger partial charge in [0, 0.05) is 32.0 Å². The molecule has 28 heavy (non-hydrogen) atoms. The summed E-state index contributed by atoms with van der Waals surface area (Å²) in [5, 5.41) is 10.5. The monoisotopic (exact) mass is 402 g/mol. The van der Waals surface area contributed by atoms with Gasteiger partial charge in [0.1, 0.15) is 0 Å². The zero-order valence-corrected chi connectivity index (χ0v) is 16.6. The Hall–Kier alpha value is -2.45. The van der Waals surface area contributed by atoms with Crippen LogP contribution in [-0.4, -0.2) is 64.3 Å². The number of carbonyl (C=O) groups is 2. The van der Waals surface area contributed by atoms with Crippen molar-refractivity contribution in [2.24, 2.45) is 0 Å². The van der Waals surface area contributed by atoms with E-state index in [1.807, 2.05) is 0 Å². The Morgan fingerprint density at radius 1 is 1.25 bits per heavy atom. The Bertz CT molecular complexity index is 703. The molecule has 0 bridgehead atoms. The number of aromatic nitrogens is 2. The summed E-state index contributed by atoms with van der Waals surface area (Å²) in [6.45, 7) is 3.54. The van der Waals surface area contributed by atoms with Crippen LogP contribution in [-0.2, 0) is 9.59 Å². The van der Waals surface area contributed by atoms with E-state index in [1.54, 1.807) is 18.5 Å². The first-order valence-electron chi connectivity index (χ1n) is 9.24. The zero-order valence-electron chi connectivity index (χ0n) is 15.7. The lowest BCUT2D eigenvalue weighted by molar-refractivity contribution is -0.123. The van der Waals surface area contributed by atoms with Gasteiger partial charge in [-0.1, -0.05) is 42.1 Å². The van der Waals surface area contributed by atoms with Gasteiger partial charge >= 0.3 is 0 Å². The maximum Gasteiger partial charge on any atom is 0.290 e. The predicted molar refractivity (Wildman–Crippen MR) is 109 cm³/mol. The molecule has 2 aromatic rings. The summed E-state index contributed by atoms with van der Waals surface area (Å²) in [7, 11) is 0. The summed E-state index contributed by atoms with van der Waals surface area (Å²) in [6.07, 6.45) is 5.84. The second-order valence-corrected chi connectivity index (χ2v) is 7.27. The average Bonchev–Trinajstić information content (AvgIpc) is 2.74. The van der Waals surface area contributed by atoms with Gasteiger partial charge in [0.25, 0.3) is 6.47 Å². The zero-order chi connectivity index (χ0) is 20.0. The molecule has 3 rings (SSSR count). The van der Waals surface area contributed by atoms with Crippen LogP contribution in [0.3, 0.4) is 0 Å². The Morgan fingerprint density at radius 3 is 2.68 bits per heavy atom. The molecular formula is C20H26N4O3S. The maximum atomic E-state index is 11.9. The fourth-order valence-electron chi connectivity index (χ4n) is 3.15. The summed E-state index contributed by atoms with van der Waals surface area (Å²) >= 11 is 1.36. The molecule has 1 aliphatic rings. The first-order valence-corrected chi connectivity index (χ1v) is 10.2. The molecule has 1 unspecified atom stereocenters. The Balaban J connectivity index is 0.000000878. The van der Waals surface area contributed by atoms with Crippen molar-refractivity contribution in [1.82, 2.24) is 20.2 Å². The van der Waals surface area contributed by atoms with Crippen LogP contribution in [0.5, 0.6) is 0 Å². The lowest BCUT2D eigenvalue weighted by Crippen LogP contribution is -2.40. The summed E-state index contributed by atoms with van der Waals surface area (Å²) in [6, 6.07) is 12.5. The third kappa shape index (κ3) is 8.06. The molecular weight excluding hydrogens is 376 g/mol. The summed E-state index contributed by atoms with van der Waals surface area (Å²) in [5.74, 6) is 1.00. The molecule has 2 heterocycles. The number of hydrogen-bond acceptors (Lipinski definition) is 6. The van der Waals surface area contributed by atoms with E-state index in [2.05, 4.69) is 50.5 Å². The molecule has 1 aromatic carbocycles. The van der Waals surface area contributed by atoms with Gasteiger partial charge in [-0.05, 0) is 36.9 Å². The van der Waals surface area contributed by atoms with Gasteiger partial charge in [-0.15, -0.1) is 0 Å². The van der Waals surface area contributed by atoms with Crippen LogP contribution in [0.15, 0.2) is 53.9 Å². The molecule has 2 N–H and O–H groups in total. The van der Waals surface area contributed by atoms with Crippen molar-refractivity contribution < 1.29 is 14.7 Å². The standard InChI is InChI=1S/C19H24N4OS.CH2O2/c24-18(15-25-19-21-9-5-10-22-19)20-11-13-23-12-4-8-17(14-23)16-6-2-1-3-7-16;2-1-3/h1-3,5-7,9-10,17H,4,8,11-15H2,(H,20,24);1H,(H,2,3). The van der Waals surface area contributed by atoms with Gasteiger partial charge < -0.3 is 15.3 Å². The van der Waals surface area contributed by atoms with Gasteiger partial charge in [-0.25, -0.2) is 9.97 Å². The van der Waals surface area contributed by atoms with Gasteiger partial charge in [0.2, 0.25) is 5.91 Å². The largest absolute Gasteiger partial charge is 0.483 e. The van der Waals surface area contributed by atoms with E-state index < -0.39 is 0 Å². The molecule has 1 atom stereocenters. The van der Waals surface area contributed by atoms with Crippen molar-refractivity contribution in [2.75, 3.05) is 31.9 Å². The quantitative estimate of drug-likeness (QED) is 0.417. The normalized spacial score (nSPS) is 16.5. The molecule has 0 aliphatic carbocycles. The van der Waals surface area contributed by atoms with Crippen LogP contribution < -0.4 is 5.32 Å². The Morgan fingerprint density at radius 2 is 1.96 bits per heavy atom. The number of likely N-dealkylation sites (tertiary alicyclic amines) is 1. The van der Waals surface area contributed by atoms with E-state index in [0.717, 1.165) is 19.6 Å². The van der Waals surface area contributed by atoms with E-state index in [9.17, 15) is 4.79 Å². The molecule has 8 heteroatoms. The van der Waals surface area contributed by atoms with Crippen molar-refractivity contribution in [2.45, 2.75) is 23.9 Å². The number of thioether (sulfide) groups is 1. The smallest absolute Gasteiger partial charge is 0.290 e. The number of rotatable bonds is 7. The highest BCUT2D eigenvalue weighted by Gasteiger charge is 2.20. The first kappa shape index (κ1) is 21.8. The third-order valence-corrected chi connectivity index (χ3v) is 5.28. The molecule has 1 saturated heterocycles. The minimum absolute atomic E-state index is 0.0362. The van der Waals surface area contributed by atoms with Crippen LogP contribution in [0.1, 0.15) is 24.3 Å². The van der Waals surface area contributed by atoms with Crippen molar-refractivity contribution in [3.8, 4) is 0 Å². The van der Waals surface area contributed by atoms with E-state index >= 15 is 0 Å². The predicted octanol–water partition coefficient (Wildman–Crippen LogP) is 2.27. The second kappa shape index (κ2) is 12.9. The average molecular weight is 403 g/mol. The lowest BCUT2D eigenvalue weighted by Gasteiger charge is -2.33. The number of piperidine rings is 1. The van der Waals surface area contributed by atoms with Gasteiger partial charge in [0.05, 0.1) is 5.75 Å². The number of benzene rings is 1.